The third-order valence-corrected chi connectivity index (χ3v) is 2.76. The van der Waals surface area contributed by atoms with Crippen LogP contribution in [0.25, 0.3) is 0 Å². The Kier molecular flexibility index (Phi) is 3.56. The predicted molar refractivity (Wildman–Crippen MR) is 56.7 cm³/mol. The first-order valence-electron chi connectivity index (χ1n) is 5.42. The predicted octanol–water partition coefficient (Wildman–Crippen LogP) is 0.709. The molecule has 2 rings (SSSR count). The molecule has 1 fully saturated rings. The molecule has 0 N–H and O–H groups in total. The standard InChI is InChI=1S/C11H16N2O3/c1-15-7-9-6-10(9)11(14)16-5-4-13-3-2-12-8-13/h2-3,8-10H,4-7H2,1H3/t9-,10?/m0/s1. The lowest BCUT2D eigenvalue weighted by atomic mass is 10.3. The third kappa shape index (κ3) is 2.82. The molecular weight excluding hydrogens is 208 g/mol. The zero-order valence-corrected chi connectivity index (χ0v) is 9.33. The number of methoxy groups -OCH3 is 1. The number of nitrogens with zero attached hydrogens (tertiary/aromatic N) is 2. The van der Waals surface area contributed by atoms with Crippen molar-refractivity contribution in [1.29, 1.82) is 0 Å². The van der Waals surface area contributed by atoms with Crippen LogP contribution in [0.5, 0.6) is 0 Å². The molecule has 0 saturated heterocycles. The van der Waals surface area contributed by atoms with Gasteiger partial charge in [0, 0.05) is 26.1 Å². The van der Waals surface area contributed by atoms with Crippen molar-refractivity contribution >= 4 is 5.97 Å². The zero-order chi connectivity index (χ0) is 11.4. The first kappa shape index (κ1) is 11.1. The minimum Gasteiger partial charge on any atom is -0.464 e. The highest BCUT2D eigenvalue weighted by Gasteiger charge is 2.44. The van der Waals surface area contributed by atoms with E-state index in [1.807, 2.05) is 10.8 Å². The molecule has 0 spiro atoms. The smallest absolute Gasteiger partial charge is 0.309 e. The van der Waals surface area contributed by atoms with Crippen LogP contribution in [0, 0.1) is 11.8 Å². The molecule has 0 amide bonds. The Hall–Kier alpha value is -1.36. The van der Waals surface area contributed by atoms with Crippen molar-refractivity contribution in [3.63, 3.8) is 0 Å². The van der Waals surface area contributed by atoms with Gasteiger partial charge in [0.15, 0.2) is 0 Å². The van der Waals surface area contributed by atoms with Crippen LogP contribution in [0.3, 0.4) is 0 Å². The van der Waals surface area contributed by atoms with Crippen LogP contribution in [-0.4, -0.2) is 35.8 Å². The second kappa shape index (κ2) is 5.12. The summed E-state index contributed by atoms with van der Waals surface area (Å²) in [4.78, 5) is 15.4. The van der Waals surface area contributed by atoms with Crippen molar-refractivity contribution in [3.05, 3.63) is 18.7 Å². The molecule has 16 heavy (non-hydrogen) atoms. The van der Waals surface area contributed by atoms with Gasteiger partial charge in [-0.15, -0.1) is 0 Å². The molecule has 0 aromatic carbocycles. The van der Waals surface area contributed by atoms with Crippen LogP contribution in [-0.2, 0) is 20.8 Å². The highest BCUT2D eigenvalue weighted by Crippen LogP contribution is 2.39. The van der Waals surface area contributed by atoms with Crippen LogP contribution in [0.2, 0.25) is 0 Å². The van der Waals surface area contributed by atoms with Crippen LogP contribution in [0.15, 0.2) is 18.7 Å². The van der Waals surface area contributed by atoms with Gasteiger partial charge in [-0.05, 0) is 12.3 Å². The number of esters is 1. The summed E-state index contributed by atoms with van der Waals surface area (Å²) in [5, 5.41) is 0. The number of carbonyl (C=O) groups excluding carboxylic acids is 1. The van der Waals surface area contributed by atoms with Gasteiger partial charge in [0.2, 0.25) is 0 Å². The average Bonchev–Trinajstić information content (AvgIpc) is 2.85. The average molecular weight is 224 g/mol. The largest absolute Gasteiger partial charge is 0.464 e. The monoisotopic (exact) mass is 224 g/mol. The molecule has 1 unspecified atom stereocenters. The number of hydrogen-bond acceptors (Lipinski definition) is 4. The van der Waals surface area contributed by atoms with Crippen LogP contribution >= 0.6 is 0 Å². The van der Waals surface area contributed by atoms with E-state index in [0.29, 0.717) is 25.7 Å². The Bertz CT molecular complexity index is 337. The fourth-order valence-corrected chi connectivity index (χ4v) is 1.71. The zero-order valence-electron chi connectivity index (χ0n) is 9.33. The molecule has 1 saturated carbocycles. The summed E-state index contributed by atoms with van der Waals surface area (Å²) in [6.45, 7) is 1.72. The summed E-state index contributed by atoms with van der Waals surface area (Å²) in [7, 11) is 1.65. The lowest BCUT2D eigenvalue weighted by molar-refractivity contribution is -0.146. The van der Waals surface area contributed by atoms with E-state index >= 15 is 0 Å². The van der Waals surface area contributed by atoms with E-state index in [-0.39, 0.29) is 11.9 Å². The van der Waals surface area contributed by atoms with Gasteiger partial charge in [0.1, 0.15) is 6.61 Å². The lowest BCUT2D eigenvalue weighted by Gasteiger charge is -2.04. The van der Waals surface area contributed by atoms with Gasteiger partial charge in [0.05, 0.1) is 18.8 Å². The number of rotatable bonds is 6. The highest BCUT2D eigenvalue weighted by atomic mass is 16.5. The van der Waals surface area contributed by atoms with E-state index in [4.69, 9.17) is 9.47 Å². The highest BCUT2D eigenvalue weighted by molar-refractivity contribution is 5.75. The Labute approximate surface area is 94.4 Å². The second-order valence-electron chi connectivity index (χ2n) is 4.03. The fourth-order valence-electron chi connectivity index (χ4n) is 1.71. The minimum atomic E-state index is -0.0952. The second-order valence-corrected chi connectivity index (χ2v) is 4.03. The van der Waals surface area contributed by atoms with Crippen molar-refractivity contribution in [3.8, 4) is 0 Å². The molecule has 0 aliphatic heterocycles. The number of aromatic nitrogens is 2. The number of ether oxygens (including phenoxy) is 2. The lowest BCUT2D eigenvalue weighted by Crippen LogP contribution is -2.13. The molecular formula is C11H16N2O3. The van der Waals surface area contributed by atoms with Crippen molar-refractivity contribution in [2.75, 3.05) is 20.3 Å². The maximum Gasteiger partial charge on any atom is 0.309 e. The first-order chi connectivity index (χ1) is 7.81. The van der Waals surface area contributed by atoms with E-state index in [1.54, 1.807) is 19.6 Å². The first-order valence-corrected chi connectivity index (χ1v) is 5.42. The van der Waals surface area contributed by atoms with Crippen LogP contribution < -0.4 is 0 Å². The molecule has 5 heteroatoms. The van der Waals surface area contributed by atoms with Gasteiger partial charge in [-0.25, -0.2) is 4.98 Å². The normalized spacial score (nSPS) is 23.1. The molecule has 2 atom stereocenters. The molecule has 88 valence electrons. The molecule has 1 heterocycles. The third-order valence-electron chi connectivity index (χ3n) is 2.76. The summed E-state index contributed by atoms with van der Waals surface area (Å²) in [6, 6.07) is 0. The fraction of sp³-hybridized carbons (Fsp3) is 0.636. The summed E-state index contributed by atoms with van der Waals surface area (Å²) >= 11 is 0. The van der Waals surface area contributed by atoms with E-state index in [2.05, 4.69) is 4.98 Å². The van der Waals surface area contributed by atoms with E-state index in [9.17, 15) is 4.79 Å². The molecule has 5 nitrogen and oxygen atoms in total. The number of hydrogen-bond donors (Lipinski definition) is 0. The minimum absolute atomic E-state index is 0.0581. The maximum atomic E-state index is 11.5. The van der Waals surface area contributed by atoms with E-state index in [0.717, 1.165) is 6.42 Å². The topological polar surface area (TPSA) is 53.4 Å². The summed E-state index contributed by atoms with van der Waals surface area (Å²) in [5.41, 5.74) is 0. The van der Waals surface area contributed by atoms with Gasteiger partial charge in [0.25, 0.3) is 0 Å². The van der Waals surface area contributed by atoms with Crippen molar-refractivity contribution in [2.24, 2.45) is 11.8 Å². The van der Waals surface area contributed by atoms with Gasteiger partial charge in [-0.2, -0.15) is 0 Å². The number of carbonyl (C=O) groups is 1. The number of imidazole rings is 1. The van der Waals surface area contributed by atoms with E-state index in [1.165, 1.54) is 0 Å². The van der Waals surface area contributed by atoms with Crippen molar-refractivity contribution in [2.45, 2.75) is 13.0 Å². The molecule has 1 aromatic heterocycles. The Morgan fingerprint density at radius 2 is 2.50 bits per heavy atom. The van der Waals surface area contributed by atoms with Crippen molar-refractivity contribution < 1.29 is 14.3 Å². The molecule has 1 aromatic rings. The Morgan fingerprint density at radius 1 is 1.62 bits per heavy atom. The van der Waals surface area contributed by atoms with Gasteiger partial charge < -0.3 is 14.0 Å². The quantitative estimate of drug-likeness (QED) is 0.668. The molecule has 1 aliphatic rings. The van der Waals surface area contributed by atoms with Crippen LogP contribution in [0.1, 0.15) is 6.42 Å². The van der Waals surface area contributed by atoms with Gasteiger partial charge in [-0.3, -0.25) is 4.79 Å². The summed E-state index contributed by atoms with van der Waals surface area (Å²) in [6.07, 6.45) is 6.16. The molecule has 0 bridgehead atoms. The van der Waals surface area contributed by atoms with Crippen molar-refractivity contribution in [1.82, 2.24) is 9.55 Å². The molecule has 1 aliphatic carbocycles. The Balaban J connectivity index is 1.62. The SMILES string of the molecule is COC[C@@H]1CC1C(=O)OCCn1ccnc1. The van der Waals surface area contributed by atoms with Gasteiger partial charge in [-0.1, -0.05) is 0 Å². The van der Waals surface area contributed by atoms with Crippen LogP contribution in [0.4, 0.5) is 0 Å². The molecule has 0 radical (unpaired) electrons. The van der Waals surface area contributed by atoms with E-state index < -0.39 is 0 Å². The summed E-state index contributed by atoms with van der Waals surface area (Å²) < 4.78 is 12.0. The van der Waals surface area contributed by atoms with Gasteiger partial charge >= 0.3 is 5.97 Å². The maximum absolute atomic E-state index is 11.5. The Morgan fingerprint density at radius 3 is 3.19 bits per heavy atom. The summed E-state index contributed by atoms with van der Waals surface area (Å²) in [5.74, 6) is 0.329.